The van der Waals surface area contributed by atoms with Gasteiger partial charge in [-0.05, 0) is 25.2 Å². The van der Waals surface area contributed by atoms with Gasteiger partial charge >= 0.3 is 0 Å². The smallest absolute Gasteiger partial charge is 0.136 e. The normalized spacial score (nSPS) is 30.4. The van der Waals surface area contributed by atoms with Crippen LogP contribution in [0.5, 0.6) is 0 Å². The minimum Gasteiger partial charge on any atom is -0.328 e. The van der Waals surface area contributed by atoms with E-state index in [0.29, 0.717) is 11.7 Å². The van der Waals surface area contributed by atoms with Crippen LogP contribution in [0.25, 0.3) is 0 Å². The average molecular weight is 183 g/mol. The number of nitrogens with two attached hydrogens (primary N) is 1. The van der Waals surface area contributed by atoms with Crippen LogP contribution in [0.15, 0.2) is 0 Å². The zero-order chi connectivity index (χ0) is 9.84. The highest BCUT2D eigenvalue weighted by molar-refractivity contribution is 5.81. The summed E-state index contributed by atoms with van der Waals surface area (Å²) in [4.78, 5) is 11.7. The second-order valence-electron chi connectivity index (χ2n) is 4.45. The monoisotopic (exact) mass is 183 g/mol. The molecule has 1 aliphatic rings. The van der Waals surface area contributed by atoms with Crippen molar-refractivity contribution < 1.29 is 4.79 Å². The largest absolute Gasteiger partial charge is 0.328 e. The lowest BCUT2D eigenvalue weighted by atomic mass is 9.93. The van der Waals surface area contributed by atoms with Crippen LogP contribution in [-0.2, 0) is 4.79 Å². The summed E-state index contributed by atoms with van der Waals surface area (Å²) in [6.07, 6.45) is 4.85. The van der Waals surface area contributed by atoms with Crippen molar-refractivity contribution in [2.24, 2.45) is 17.6 Å². The Bertz CT molecular complexity index is 179. The van der Waals surface area contributed by atoms with Crippen molar-refractivity contribution in [1.29, 1.82) is 0 Å². The fraction of sp³-hybridized carbons (Fsp3) is 0.909. The summed E-state index contributed by atoms with van der Waals surface area (Å²) in [7, 11) is 0. The van der Waals surface area contributed by atoms with Gasteiger partial charge in [-0.1, -0.05) is 20.3 Å². The predicted molar refractivity (Wildman–Crippen MR) is 54.4 cm³/mol. The summed E-state index contributed by atoms with van der Waals surface area (Å²) in [6, 6.07) is 0.283. The molecule has 2 nitrogen and oxygen atoms in total. The average Bonchev–Trinajstić information content (AvgIpc) is 2.51. The molecule has 0 bridgehead atoms. The molecule has 1 aliphatic carbocycles. The molecular formula is C11H21NO. The molecule has 1 saturated carbocycles. The van der Waals surface area contributed by atoms with Crippen LogP contribution < -0.4 is 5.73 Å². The minimum atomic E-state index is 0.281. The number of Topliss-reactive ketones (excluding diaryl/α,β-unsaturated/α-hetero) is 1. The van der Waals surface area contributed by atoms with E-state index in [0.717, 1.165) is 32.1 Å². The molecule has 1 fully saturated rings. The highest BCUT2D eigenvalue weighted by Gasteiger charge is 2.27. The first kappa shape index (κ1) is 10.7. The third kappa shape index (κ3) is 3.11. The van der Waals surface area contributed by atoms with Gasteiger partial charge < -0.3 is 5.73 Å². The van der Waals surface area contributed by atoms with Crippen LogP contribution >= 0.6 is 0 Å². The summed E-state index contributed by atoms with van der Waals surface area (Å²) in [5, 5.41) is 0. The third-order valence-corrected chi connectivity index (χ3v) is 3.18. The number of hydrogen-bond acceptors (Lipinski definition) is 2. The first-order valence-electron chi connectivity index (χ1n) is 5.41. The molecule has 3 atom stereocenters. The van der Waals surface area contributed by atoms with Crippen LogP contribution in [0.2, 0.25) is 0 Å². The topological polar surface area (TPSA) is 43.1 Å². The van der Waals surface area contributed by atoms with E-state index >= 15 is 0 Å². The zero-order valence-electron chi connectivity index (χ0n) is 8.75. The number of carbonyl (C=O) groups excluding carboxylic acids is 1. The molecule has 0 spiro atoms. The van der Waals surface area contributed by atoms with Crippen LogP contribution in [0.3, 0.4) is 0 Å². The Morgan fingerprint density at radius 1 is 1.54 bits per heavy atom. The van der Waals surface area contributed by atoms with E-state index in [9.17, 15) is 4.79 Å². The Balaban J connectivity index is 2.31. The van der Waals surface area contributed by atoms with Crippen LogP contribution in [0.1, 0.15) is 46.0 Å². The maximum Gasteiger partial charge on any atom is 0.136 e. The quantitative estimate of drug-likeness (QED) is 0.725. The maximum atomic E-state index is 11.7. The van der Waals surface area contributed by atoms with Crippen LogP contribution in [0.4, 0.5) is 0 Å². The number of hydrogen-bond donors (Lipinski definition) is 1. The Morgan fingerprint density at radius 3 is 2.69 bits per heavy atom. The third-order valence-electron chi connectivity index (χ3n) is 3.18. The molecule has 0 amide bonds. The highest BCUT2D eigenvalue weighted by Crippen LogP contribution is 2.27. The molecule has 0 heterocycles. The zero-order valence-corrected chi connectivity index (χ0v) is 8.75. The molecule has 0 aromatic carbocycles. The van der Waals surface area contributed by atoms with Gasteiger partial charge in [0, 0.05) is 18.4 Å². The van der Waals surface area contributed by atoms with Gasteiger partial charge in [0.25, 0.3) is 0 Å². The van der Waals surface area contributed by atoms with Gasteiger partial charge in [-0.15, -0.1) is 0 Å². The first-order chi connectivity index (χ1) is 6.13. The summed E-state index contributed by atoms with van der Waals surface area (Å²) in [5.41, 5.74) is 5.77. The molecule has 0 aliphatic heterocycles. The SMILES string of the molecule is CCC(C)CC(=O)C1CCC(N)C1. The van der Waals surface area contributed by atoms with Gasteiger partial charge in [-0.2, -0.15) is 0 Å². The molecule has 1 rings (SSSR count). The molecule has 3 unspecified atom stereocenters. The molecule has 0 saturated heterocycles. The molecule has 0 aromatic rings. The van der Waals surface area contributed by atoms with Crippen molar-refractivity contribution in [1.82, 2.24) is 0 Å². The summed E-state index contributed by atoms with van der Waals surface area (Å²) >= 11 is 0. The van der Waals surface area contributed by atoms with Gasteiger partial charge in [-0.25, -0.2) is 0 Å². The maximum absolute atomic E-state index is 11.7. The van der Waals surface area contributed by atoms with E-state index in [1.807, 2.05) is 0 Å². The molecular weight excluding hydrogens is 162 g/mol. The lowest BCUT2D eigenvalue weighted by Gasteiger charge is -2.11. The van der Waals surface area contributed by atoms with Crippen molar-refractivity contribution in [2.75, 3.05) is 0 Å². The first-order valence-corrected chi connectivity index (χ1v) is 5.41. The minimum absolute atomic E-state index is 0.281. The molecule has 2 N–H and O–H groups in total. The lowest BCUT2D eigenvalue weighted by molar-refractivity contribution is -0.123. The van der Waals surface area contributed by atoms with E-state index in [-0.39, 0.29) is 12.0 Å². The van der Waals surface area contributed by atoms with Crippen molar-refractivity contribution >= 4 is 5.78 Å². The van der Waals surface area contributed by atoms with E-state index < -0.39 is 0 Å². The van der Waals surface area contributed by atoms with Crippen LogP contribution in [-0.4, -0.2) is 11.8 Å². The van der Waals surface area contributed by atoms with Gasteiger partial charge in [0.05, 0.1) is 0 Å². The Labute approximate surface area is 80.9 Å². The fourth-order valence-electron chi connectivity index (χ4n) is 1.96. The molecule has 76 valence electrons. The van der Waals surface area contributed by atoms with Crippen molar-refractivity contribution in [2.45, 2.75) is 52.0 Å². The van der Waals surface area contributed by atoms with E-state index in [1.165, 1.54) is 0 Å². The number of rotatable bonds is 4. The lowest BCUT2D eigenvalue weighted by Crippen LogP contribution is -2.19. The predicted octanol–water partition coefficient (Wildman–Crippen LogP) is 2.12. The van der Waals surface area contributed by atoms with Crippen molar-refractivity contribution in [3.63, 3.8) is 0 Å². The molecule has 0 aromatic heterocycles. The van der Waals surface area contributed by atoms with Gasteiger partial charge in [0.15, 0.2) is 0 Å². The molecule has 0 radical (unpaired) electrons. The highest BCUT2D eigenvalue weighted by atomic mass is 16.1. The second kappa shape index (κ2) is 4.75. The van der Waals surface area contributed by atoms with E-state index in [4.69, 9.17) is 5.73 Å². The fourth-order valence-corrected chi connectivity index (χ4v) is 1.96. The summed E-state index contributed by atoms with van der Waals surface area (Å²) in [5.74, 6) is 1.27. The number of ketones is 1. The van der Waals surface area contributed by atoms with Crippen molar-refractivity contribution in [3.8, 4) is 0 Å². The standard InChI is InChI=1S/C11H21NO/c1-3-8(2)6-11(13)9-4-5-10(12)7-9/h8-10H,3-7,12H2,1-2H3. The Hall–Kier alpha value is -0.370. The second-order valence-corrected chi connectivity index (χ2v) is 4.45. The Morgan fingerprint density at radius 2 is 2.23 bits per heavy atom. The molecule has 2 heteroatoms. The van der Waals surface area contributed by atoms with Crippen LogP contribution in [0, 0.1) is 11.8 Å². The van der Waals surface area contributed by atoms with Crippen molar-refractivity contribution in [3.05, 3.63) is 0 Å². The Kier molecular flexibility index (Phi) is 3.91. The van der Waals surface area contributed by atoms with E-state index in [1.54, 1.807) is 0 Å². The van der Waals surface area contributed by atoms with E-state index in [2.05, 4.69) is 13.8 Å². The van der Waals surface area contributed by atoms with Gasteiger partial charge in [-0.3, -0.25) is 4.79 Å². The van der Waals surface area contributed by atoms with Gasteiger partial charge in [0.2, 0.25) is 0 Å². The summed E-state index contributed by atoms with van der Waals surface area (Å²) in [6.45, 7) is 4.28. The molecule has 13 heavy (non-hydrogen) atoms. The van der Waals surface area contributed by atoms with Gasteiger partial charge in [0.1, 0.15) is 5.78 Å². The number of carbonyl (C=O) groups is 1. The summed E-state index contributed by atoms with van der Waals surface area (Å²) < 4.78 is 0.